The third-order valence-electron chi connectivity index (χ3n) is 7.03. The van der Waals surface area contributed by atoms with E-state index in [2.05, 4.69) is 6.92 Å². The van der Waals surface area contributed by atoms with Gasteiger partial charge in [0.15, 0.2) is 0 Å². The minimum absolute atomic E-state index is 0.151. The predicted molar refractivity (Wildman–Crippen MR) is 117 cm³/mol. The van der Waals surface area contributed by atoms with Gasteiger partial charge in [0.2, 0.25) is 0 Å². The maximum absolute atomic E-state index is 14.9. The van der Waals surface area contributed by atoms with Gasteiger partial charge in [-0.05, 0) is 92.7 Å². The zero-order valence-corrected chi connectivity index (χ0v) is 18.1. The van der Waals surface area contributed by atoms with Crippen LogP contribution in [0.25, 0.3) is 11.1 Å². The van der Waals surface area contributed by atoms with Crippen molar-refractivity contribution in [2.45, 2.75) is 76.7 Å². The van der Waals surface area contributed by atoms with Gasteiger partial charge in [0.1, 0.15) is 11.6 Å². The number of hydrogen-bond acceptors (Lipinski definition) is 2. The van der Waals surface area contributed by atoms with Crippen LogP contribution < -0.4 is 4.74 Å². The summed E-state index contributed by atoms with van der Waals surface area (Å²) < 4.78 is 21.3. The first-order chi connectivity index (χ1) is 14.3. The summed E-state index contributed by atoms with van der Waals surface area (Å²) in [6.07, 6.45) is 6.43. The summed E-state index contributed by atoms with van der Waals surface area (Å²) in [5, 5.41) is 9.73. The minimum atomic E-state index is -1.04. The van der Waals surface area contributed by atoms with Crippen LogP contribution in [0.3, 0.4) is 0 Å². The number of hydrogen-bond donors (Lipinski definition) is 1. The fourth-order valence-electron chi connectivity index (χ4n) is 4.68. The van der Waals surface area contributed by atoms with Crippen LogP contribution in [0.4, 0.5) is 4.39 Å². The zero-order valence-electron chi connectivity index (χ0n) is 18.1. The van der Waals surface area contributed by atoms with Gasteiger partial charge in [-0.15, -0.1) is 0 Å². The summed E-state index contributed by atoms with van der Waals surface area (Å²) >= 11 is 0. The fourth-order valence-corrected chi connectivity index (χ4v) is 4.68. The van der Waals surface area contributed by atoms with Crippen molar-refractivity contribution in [3.05, 3.63) is 53.3 Å². The van der Waals surface area contributed by atoms with E-state index >= 15 is 0 Å². The number of benzene rings is 2. The fraction of sp³-hybridized carbons (Fsp3) is 0.500. The Bertz CT molecular complexity index is 945. The van der Waals surface area contributed by atoms with Gasteiger partial charge < -0.3 is 9.84 Å². The highest BCUT2D eigenvalue weighted by atomic mass is 19.1. The van der Waals surface area contributed by atoms with Crippen LogP contribution in [-0.2, 0) is 10.2 Å². The molecule has 0 aliphatic heterocycles. The Morgan fingerprint density at radius 1 is 1.10 bits per heavy atom. The molecule has 0 bridgehead atoms. The molecule has 0 amide bonds. The molecule has 160 valence electrons. The number of carboxylic acid groups (broad SMARTS) is 1. The maximum atomic E-state index is 14.9. The van der Waals surface area contributed by atoms with Crippen LogP contribution in [0, 0.1) is 11.7 Å². The molecule has 0 aromatic heterocycles. The number of ether oxygens (including phenoxy) is 1. The summed E-state index contributed by atoms with van der Waals surface area (Å²) in [5.74, 6) is 0.524. The second-order valence-electron chi connectivity index (χ2n) is 9.63. The van der Waals surface area contributed by atoms with Crippen molar-refractivity contribution in [2.75, 3.05) is 0 Å². The first kappa shape index (κ1) is 20.9. The molecule has 2 aliphatic rings. The minimum Gasteiger partial charge on any atom is -0.490 e. The molecule has 2 fully saturated rings. The van der Waals surface area contributed by atoms with Gasteiger partial charge in [-0.1, -0.05) is 31.5 Å². The average Bonchev–Trinajstić information content (AvgIpc) is 3.07. The van der Waals surface area contributed by atoms with E-state index in [0.717, 1.165) is 61.0 Å². The van der Waals surface area contributed by atoms with Gasteiger partial charge in [-0.25, -0.2) is 4.39 Å². The van der Waals surface area contributed by atoms with E-state index in [1.54, 1.807) is 19.9 Å². The van der Waals surface area contributed by atoms with Gasteiger partial charge in [-0.2, -0.15) is 0 Å². The number of rotatable bonds is 6. The molecule has 3 nitrogen and oxygen atoms in total. The van der Waals surface area contributed by atoms with Gasteiger partial charge in [0.25, 0.3) is 0 Å². The van der Waals surface area contributed by atoms with E-state index < -0.39 is 11.4 Å². The van der Waals surface area contributed by atoms with Crippen LogP contribution in [0.5, 0.6) is 5.75 Å². The van der Waals surface area contributed by atoms with Crippen molar-refractivity contribution in [3.63, 3.8) is 0 Å². The zero-order chi connectivity index (χ0) is 21.5. The molecule has 0 saturated heterocycles. The summed E-state index contributed by atoms with van der Waals surface area (Å²) in [6.45, 7) is 5.64. The van der Waals surface area contributed by atoms with E-state index in [9.17, 15) is 14.3 Å². The smallest absolute Gasteiger partial charge is 0.313 e. The topological polar surface area (TPSA) is 46.5 Å². The molecular formula is C26H31FO3. The molecule has 2 atom stereocenters. The summed E-state index contributed by atoms with van der Waals surface area (Å²) in [6, 6.07) is 10.8. The highest BCUT2D eigenvalue weighted by Crippen LogP contribution is 2.46. The summed E-state index contributed by atoms with van der Waals surface area (Å²) in [5.41, 5.74) is 2.05. The Kier molecular flexibility index (Phi) is 5.61. The molecule has 0 spiro atoms. The molecule has 1 unspecified atom stereocenters. The van der Waals surface area contributed by atoms with E-state index in [1.165, 1.54) is 6.07 Å². The van der Waals surface area contributed by atoms with E-state index in [-0.39, 0.29) is 17.8 Å². The Balaban J connectivity index is 1.83. The van der Waals surface area contributed by atoms with Crippen molar-refractivity contribution < 1.29 is 19.0 Å². The molecular weight excluding hydrogens is 379 g/mol. The second kappa shape index (κ2) is 8.05. The molecule has 2 saturated carbocycles. The van der Waals surface area contributed by atoms with Crippen molar-refractivity contribution in [1.29, 1.82) is 0 Å². The number of carbonyl (C=O) groups is 1. The van der Waals surface area contributed by atoms with Crippen molar-refractivity contribution >= 4 is 5.97 Å². The van der Waals surface area contributed by atoms with Crippen molar-refractivity contribution in [2.24, 2.45) is 5.92 Å². The summed E-state index contributed by atoms with van der Waals surface area (Å²) in [7, 11) is 0. The summed E-state index contributed by atoms with van der Waals surface area (Å²) in [4.78, 5) is 11.9. The van der Waals surface area contributed by atoms with Gasteiger partial charge in [0, 0.05) is 5.56 Å². The Labute approximate surface area is 178 Å². The third-order valence-corrected chi connectivity index (χ3v) is 7.03. The molecule has 2 aliphatic carbocycles. The van der Waals surface area contributed by atoms with Gasteiger partial charge >= 0.3 is 5.97 Å². The highest BCUT2D eigenvalue weighted by molar-refractivity contribution is 5.82. The van der Waals surface area contributed by atoms with Crippen LogP contribution in [-0.4, -0.2) is 17.2 Å². The predicted octanol–water partition coefficient (Wildman–Crippen LogP) is 6.69. The lowest BCUT2D eigenvalue weighted by Gasteiger charge is -2.30. The lowest BCUT2D eigenvalue weighted by molar-refractivity contribution is -0.142. The molecule has 4 rings (SSSR count). The maximum Gasteiger partial charge on any atom is 0.313 e. The first-order valence-electron chi connectivity index (χ1n) is 11.1. The molecule has 0 heterocycles. The largest absolute Gasteiger partial charge is 0.490 e. The molecule has 0 radical (unpaired) electrons. The lowest BCUT2D eigenvalue weighted by Crippen LogP contribution is -2.28. The van der Waals surface area contributed by atoms with Crippen LogP contribution in [0.15, 0.2) is 36.4 Å². The van der Waals surface area contributed by atoms with Gasteiger partial charge in [-0.3, -0.25) is 4.79 Å². The van der Waals surface area contributed by atoms with E-state index in [4.69, 9.17) is 4.74 Å². The first-order valence-corrected chi connectivity index (χ1v) is 11.1. The Hall–Kier alpha value is -2.36. The van der Waals surface area contributed by atoms with Crippen LogP contribution >= 0.6 is 0 Å². The van der Waals surface area contributed by atoms with Gasteiger partial charge in [0.05, 0.1) is 11.5 Å². The molecule has 4 heteroatoms. The third kappa shape index (κ3) is 3.84. The Morgan fingerprint density at radius 3 is 2.47 bits per heavy atom. The average molecular weight is 411 g/mol. The highest BCUT2D eigenvalue weighted by Gasteiger charge is 2.32. The van der Waals surface area contributed by atoms with Crippen LogP contribution in [0.1, 0.15) is 76.3 Å². The quantitative estimate of drug-likeness (QED) is 0.577. The molecule has 2 aromatic rings. The lowest BCUT2D eigenvalue weighted by atomic mass is 9.76. The van der Waals surface area contributed by atoms with Crippen molar-refractivity contribution in [1.82, 2.24) is 0 Å². The Morgan fingerprint density at radius 2 is 1.87 bits per heavy atom. The molecule has 30 heavy (non-hydrogen) atoms. The van der Waals surface area contributed by atoms with E-state index in [0.29, 0.717) is 11.5 Å². The number of aliphatic carboxylic acids is 1. The standard InChI is InChI=1S/C26H31FO3/c1-16-10-12-19(14-16)30-23-13-11-18(26(2,3)25(28)29)15-21(23)20-8-5-9-22(27)24(20)17-6-4-7-17/h5,8-9,11,13,15-17,19H,4,6-7,10,12,14H2,1-3H3,(H,28,29)/t16?,19-/m1/s1. The monoisotopic (exact) mass is 410 g/mol. The van der Waals surface area contributed by atoms with E-state index in [1.807, 2.05) is 24.3 Å². The molecule has 2 aromatic carbocycles. The van der Waals surface area contributed by atoms with Crippen LogP contribution in [0.2, 0.25) is 0 Å². The number of halogens is 1. The molecule has 1 N–H and O–H groups in total. The SMILES string of the molecule is CC1CC[C@@H](Oc2ccc(C(C)(C)C(=O)O)cc2-c2cccc(F)c2C2CCC2)C1. The second-order valence-corrected chi connectivity index (χ2v) is 9.63. The number of carboxylic acids is 1. The van der Waals surface area contributed by atoms with Crippen molar-refractivity contribution in [3.8, 4) is 16.9 Å². The normalized spacial score (nSPS) is 22.0.